The summed E-state index contributed by atoms with van der Waals surface area (Å²) in [5.41, 5.74) is 1.25. The molecule has 1 aromatic carbocycles. The van der Waals surface area contributed by atoms with E-state index in [0.717, 1.165) is 6.26 Å². The van der Waals surface area contributed by atoms with Gasteiger partial charge in [0.2, 0.25) is 0 Å². The minimum Gasteiger partial charge on any atom is -0.356 e. The van der Waals surface area contributed by atoms with Crippen LogP contribution in [0.25, 0.3) is 0 Å². The number of nitrogens with zero attached hydrogens (tertiary/aromatic N) is 1. The number of nitrogens with one attached hydrogen (secondary N) is 2. The molecule has 1 atom stereocenters. The summed E-state index contributed by atoms with van der Waals surface area (Å²) in [7, 11) is -3.28. The van der Waals surface area contributed by atoms with Crippen LogP contribution in [-0.2, 0) is 9.84 Å². The van der Waals surface area contributed by atoms with E-state index in [-0.39, 0.29) is 11.4 Å². The van der Waals surface area contributed by atoms with E-state index in [1.165, 1.54) is 12.3 Å². The third-order valence-corrected chi connectivity index (χ3v) is 3.97. The maximum Gasteiger partial charge on any atom is 0.268 e. The normalized spacial score (nSPS) is 12.4. The van der Waals surface area contributed by atoms with Crippen LogP contribution >= 0.6 is 0 Å². The van der Waals surface area contributed by atoms with Crippen molar-refractivity contribution in [3.05, 3.63) is 59.4 Å². The van der Waals surface area contributed by atoms with Gasteiger partial charge in [0.05, 0.1) is 17.4 Å². The lowest BCUT2D eigenvalue weighted by Crippen LogP contribution is -2.33. The number of carbonyl (C=O) groups is 1. The van der Waals surface area contributed by atoms with Gasteiger partial charge in [-0.05, 0) is 11.6 Å². The molecule has 1 heterocycles. The first-order valence-corrected chi connectivity index (χ1v) is 8.57. The highest BCUT2D eigenvalue weighted by Gasteiger charge is 2.21. The molecule has 0 unspecified atom stereocenters. The van der Waals surface area contributed by atoms with Gasteiger partial charge in [0.15, 0.2) is 0 Å². The number of benzene rings is 1. The molecular weight excluding hydrogens is 302 g/mol. The van der Waals surface area contributed by atoms with Gasteiger partial charge in [-0.25, -0.2) is 8.42 Å². The van der Waals surface area contributed by atoms with Crippen LogP contribution < -0.4 is 5.32 Å². The fourth-order valence-corrected chi connectivity index (χ4v) is 2.92. The van der Waals surface area contributed by atoms with Crippen LogP contribution in [0.4, 0.5) is 0 Å². The lowest BCUT2D eigenvalue weighted by Gasteiger charge is -2.18. The molecule has 2 N–H and O–H groups in total. The summed E-state index contributed by atoms with van der Waals surface area (Å²) in [5, 5.41) is 11.4. The van der Waals surface area contributed by atoms with E-state index in [4.69, 9.17) is 5.26 Å². The number of rotatable bonds is 5. The number of aromatic amines is 1. The lowest BCUT2D eigenvalue weighted by atomic mass is 10.1. The third kappa shape index (κ3) is 4.20. The zero-order valence-corrected chi connectivity index (χ0v) is 12.7. The highest BCUT2D eigenvalue weighted by atomic mass is 32.2. The first kappa shape index (κ1) is 15.8. The Kier molecular flexibility index (Phi) is 4.63. The second-order valence-corrected chi connectivity index (χ2v) is 7.13. The molecule has 0 aliphatic carbocycles. The Morgan fingerprint density at radius 2 is 2.05 bits per heavy atom. The molecule has 1 aromatic heterocycles. The third-order valence-electron chi connectivity index (χ3n) is 3.03. The highest BCUT2D eigenvalue weighted by molar-refractivity contribution is 7.90. The van der Waals surface area contributed by atoms with Crippen molar-refractivity contribution in [1.82, 2.24) is 10.3 Å². The Bertz CT molecular complexity index is 804. The number of H-pyrrole nitrogens is 1. The van der Waals surface area contributed by atoms with E-state index in [0.29, 0.717) is 11.1 Å². The van der Waals surface area contributed by atoms with Crippen molar-refractivity contribution >= 4 is 15.7 Å². The van der Waals surface area contributed by atoms with Crippen molar-refractivity contribution < 1.29 is 13.2 Å². The lowest BCUT2D eigenvalue weighted by molar-refractivity contribution is 0.0936. The summed E-state index contributed by atoms with van der Waals surface area (Å²) in [5.74, 6) is -0.659. The predicted molar refractivity (Wildman–Crippen MR) is 81.9 cm³/mol. The van der Waals surface area contributed by atoms with Crippen LogP contribution in [-0.4, -0.2) is 31.3 Å². The van der Waals surface area contributed by atoms with Crippen molar-refractivity contribution in [3.8, 4) is 6.07 Å². The molecule has 0 saturated carbocycles. The number of nitriles is 1. The van der Waals surface area contributed by atoms with Crippen molar-refractivity contribution in [1.29, 1.82) is 5.26 Å². The monoisotopic (exact) mass is 317 g/mol. The zero-order valence-electron chi connectivity index (χ0n) is 11.9. The van der Waals surface area contributed by atoms with Crippen LogP contribution in [0.15, 0.2) is 42.6 Å². The van der Waals surface area contributed by atoms with Gasteiger partial charge in [0, 0.05) is 12.5 Å². The Hall–Kier alpha value is -2.59. The molecule has 2 aromatic rings. The summed E-state index contributed by atoms with van der Waals surface area (Å²) in [6, 6.07) is 11.6. The number of amides is 1. The van der Waals surface area contributed by atoms with Gasteiger partial charge < -0.3 is 10.3 Å². The topological polar surface area (TPSA) is 103 Å². The van der Waals surface area contributed by atoms with Gasteiger partial charge in [-0.15, -0.1) is 0 Å². The molecule has 0 fully saturated rings. The predicted octanol–water partition coefficient (Wildman–Crippen LogP) is 1.40. The average molecular weight is 317 g/mol. The first-order chi connectivity index (χ1) is 10.4. The highest BCUT2D eigenvalue weighted by Crippen LogP contribution is 2.15. The largest absolute Gasteiger partial charge is 0.356 e. The van der Waals surface area contributed by atoms with Crippen LogP contribution in [0.2, 0.25) is 0 Å². The van der Waals surface area contributed by atoms with E-state index < -0.39 is 21.8 Å². The minimum atomic E-state index is -3.28. The van der Waals surface area contributed by atoms with Crippen molar-refractivity contribution in [2.75, 3.05) is 12.0 Å². The number of sulfone groups is 1. The van der Waals surface area contributed by atoms with Crippen molar-refractivity contribution in [3.63, 3.8) is 0 Å². The summed E-state index contributed by atoms with van der Waals surface area (Å²) in [4.78, 5) is 14.9. The number of aromatic nitrogens is 1. The summed E-state index contributed by atoms with van der Waals surface area (Å²) < 4.78 is 23.2. The molecule has 6 nitrogen and oxygen atoms in total. The number of carbonyl (C=O) groups excluding carboxylic acids is 1. The Balaban J connectivity index is 2.23. The second kappa shape index (κ2) is 6.45. The van der Waals surface area contributed by atoms with Gasteiger partial charge in [-0.1, -0.05) is 30.3 Å². The van der Waals surface area contributed by atoms with E-state index in [9.17, 15) is 13.2 Å². The van der Waals surface area contributed by atoms with Gasteiger partial charge in [0.25, 0.3) is 5.91 Å². The maximum atomic E-state index is 12.2. The second-order valence-electron chi connectivity index (χ2n) is 4.94. The van der Waals surface area contributed by atoms with Gasteiger partial charge in [-0.3, -0.25) is 4.79 Å². The average Bonchev–Trinajstić information content (AvgIpc) is 2.95. The molecule has 0 radical (unpaired) electrons. The molecule has 0 aliphatic heterocycles. The summed E-state index contributed by atoms with van der Waals surface area (Å²) >= 11 is 0. The smallest absolute Gasteiger partial charge is 0.268 e. The van der Waals surface area contributed by atoms with E-state index in [1.807, 2.05) is 12.1 Å². The quantitative estimate of drug-likeness (QED) is 0.870. The molecule has 0 aliphatic rings. The SMILES string of the molecule is CS(=O)(=O)C[C@@H](NC(=O)c1cc(C#N)c[nH]1)c1ccccc1. The number of hydrogen-bond acceptors (Lipinski definition) is 4. The molecule has 114 valence electrons. The van der Waals surface area contributed by atoms with Crippen LogP contribution in [0.5, 0.6) is 0 Å². The van der Waals surface area contributed by atoms with E-state index >= 15 is 0 Å². The fraction of sp³-hybridized carbons (Fsp3) is 0.200. The van der Waals surface area contributed by atoms with Crippen LogP contribution in [0, 0.1) is 11.3 Å². The van der Waals surface area contributed by atoms with Gasteiger partial charge >= 0.3 is 0 Å². The van der Waals surface area contributed by atoms with Crippen LogP contribution in [0.3, 0.4) is 0 Å². The Morgan fingerprint density at radius 1 is 1.36 bits per heavy atom. The fourth-order valence-electron chi connectivity index (χ4n) is 2.04. The molecule has 0 saturated heterocycles. The summed E-state index contributed by atoms with van der Waals surface area (Å²) in [6.45, 7) is 0. The Morgan fingerprint density at radius 3 is 2.59 bits per heavy atom. The molecule has 7 heteroatoms. The molecule has 22 heavy (non-hydrogen) atoms. The van der Waals surface area contributed by atoms with E-state index in [1.54, 1.807) is 24.3 Å². The number of hydrogen-bond donors (Lipinski definition) is 2. The van der Waals surface area contributed by atoms with Gasteiger partial charge in [-0.2, -0.15) is 5.26 Å². The molecule has 0 bridgehead atoms. The standard InChI is InChI=1S/C15H15N3O3S/c1-22(20,21)10-14(12-5-3-2-4-6-12)18-15(19)13-7-11(8-16)9-17-13/h2-7,9,14,17H,10H2,1H3,(H,18,19)/t14-/m1/s1. The van der Waals surface area contributed by atoms with Gasteiger partial charge in [0.1, 0.15) is 21.6 Å². The molecule has 1 amide bonds. The molecule has 0 spiro atoms. The molecule has 2 rings (SSSR count). The summed E-state index contributed by atoms with van der Waals surface area (Å²) in [6.07, 6.45) is 2.54. The Labute approximate surface area is 128 Å². The van der Waals surface area contributed by atoms with E-state index in [2.05, 4.69) is 10.3 Å². The first-order valence-electron chi connectivity index (χ1n) is 6.51. The maximum absolute atomic E-state index is 12.2. The molecular formula is C15H15N3O3S. The van der Waals surface area contributed by atoms with Crippen LogP contribution in [0.1, 0.15) is 27.7 Å². The minimum absolute atomic E-state index is 0.200. The van der Waals surface area contributed by atoms with Crippen molar-refractivity contribution in [2.24, 2.45) is 0 Å². The zero-order chi connectivity index (χ0) is 16.2. The van der Waals surface area contributed by atoms with Crippen molar-refractivity contribution in [2.45, 2.75) is 6.04 Å².